The summed E-state index contributed by atoms with van der Waals surface area (Å²) < 4.78 is 2.20. The minimum Gasteiger partial charge on any atom is -0.369 e. The summed E-state index contributed by atoms with van der Waals surface area (Å²) in [7, 11) is 0. The van der Waals surface area contributed by atoms with Crippen molar-refractivity contribution in [3.8, 4) is 0 Å². The lowest BCUT2D eigenvalue weighted by Crippen LogP contribution is -2.26. The predicted octanol–water partition coefficient (Wildman–Crippen LogP) is 3.62. The smallest absolute Gasteiger partial charge is 0.201 e. The van der Waals surface area contributed by atoms with Crippen molar-refractivity contribution >= 4 is 17.0 Å². The zero-order chi connectivity index (χ0) is 14.2. The van der Waals surface area contributed by atoms with Crippen LogP contribution in [0.3, 0.4) is 0 Å². The van der Waals surface area contributed by atoms with Gasteiger partial charge < -0.3 is 10.3 Å². The molecule has 4 nitrogen and oxygen atoms in total. The molecule has 2 aromatic rings. The van der Waals surface area contributed by atoms with E-state index in [2.05, 4.69) is 28.4 Å². The summed E-state index contributed by atoms with van der Waals surface area (Å²) >= 11 is 0. The number of nitrogens with two attached hydrogens (primary N) is 1. The highest BCUT2D eigenvalue weighted by molar-refractivity contribution is 5.77. The molecular formula is C16H24N4. The maximum Gasteiger partial charge on any atom is 0.201 e. The van der Waals surface area contributed by atoms with Gasteiger partial charge in [-0.15, -0.1) is 0 Å². The normalized spacial score (nSPS) is 18.1. The van der Waals surface area contributed by atoms with Crippen LogP contribution in [0.25, 0.3) is 11.0 Å². The average molecular weight is 272 g/mol. The summed E-state index contributed by atoms with van der Waals surface area (Å²) in [4.78, 5) is 8.58. The van der Waals surface area contributed by atoms with Gasteiger partial charge in [0.05, 0.1) is 11.7 Å². The maximum atomic E-state index is 6.15. The molecule has 0 unspecified atom stereocenters. The number of hydrogen-bond donors (Lipinski definition) is 1. The first-order valence-corrected chi connectivity index (χ1v) is 7.65. The molecule has 0 aliphatic heterocycles. The molecule has 1 saturated carbocycles. The molecule has 0 aromatic carbocycles. The molecule has 1 aliphatic rings. The summed E-state index contributed by atoms with van der Waals surface area (Å²) in [6.45, 7) is 5.64. The Morgan fingerprint density at radius 1 is 1.35 bits per heavy atom. The first kappa shape index (κ1) is 13.4. The highest BCUT2D eigenvalue weighted by Gasteiger charge is 2.35. The van der Waals surface area contributed by atoms with E-state index in [0.29, 0.717) is 11.4 Å². The van der Waals surface area contributed by atoms with Crippen molar-refractivity contribution in [3.63, 3.8) is 0 Å². The fraction of sp³-hybridized carbons (Fsp3) is 0.625. The van der Waals surface area contributed by atoms with E-state index < -0.39 is 0 Å². The van der Waals surface area contributed by atoms with Crippen molar-refractivity contribution in [1.82, 2.24) is 14.5 Å². The predicted molar refractivity (Wildman–Crippen MR) is 82.3 cm³/mol. The van der Waals surface area contributed by atoms with Crippen molar-refractivity contribution in [2.45, 2.75) is 52.5 Å². The molecule has 0 spiro atoms. The monoisotopic (exact) mass is 272 g/mol. The van der Waals surface area contributed by atoms with Gasteiger partial charge in [-0.1, -0.05) is 26.7 Å². The summed E-state index contributed by atoms with van der Waals surface area (Å²) in [5.74, 6) is 1.36. The lowest BCUT2D eigenvalue weighted by molar-refractivity contribution is 0.200. The summed E-state index contributed by atoms with van der Waals surface area (Å²) in [5, 5.41) is 0. The van der Waals surface area contributed by atoms with Crippen LogP contribution in [0.1, 0.15) is 46.0 Å². The number of aromatic nitrogens is 3. The Balaban J connectivity index is 1.96. The number of rotatable bonds is 4. The van der Waals surface area contributed by atoms with Crippen LogP contribution in [0.15, 0.2) is 18.5 Å². The van der Waals surface area contributed by atoms with Crippen molar-refractivity contribution in [2.24, 2.45) is 11.3 Å². The van der Waals surface area contributed by atoms with Gasteiger partial charge >= 0.3 is 0 Å². The van der Waals surface area contributed by atoms with Crippen LogP contribution in [0.5, 0.6) is 0 Å². The highest BCUT2D eigenvalue weighted by atomic mass is 15.2. The van der Waals surface area contributed by atoms with Gasteiger partial charge in [-0.25, -0.2) is 4.98 Å². The largest absolute Gasteiger partial charge is 0.369 e. The first-order chi connectivity index (χ1) is 9.60. The fourth-order valence-electron chi connectivity index (χ4n) is 3.92. The van der Waals surface area contributed by atoms with Crippen molar-refractivity contribution < 1.29 is 0 Å². The molecule has 1 fully saturated rings. The third-order valence-electron chi connectivity index (χ3n) is 4.58. The summed E-state index contributed by atoms with van der Waals surface area (Å²) in [6, 6.07) is 2.02. The van der Waals surface area contributed by atoms with E-state index in [4.69, 9.17) is 5.73 Å². The molecule has 2 N–H and O–H groups in total. The van der Waals surface area contributed by atoms with Crippen molar-refractivity contribution in [3.05, 3.63) is 18.5 Å². The number of nitrogens with zero attached hydrogens (tertiary/aromatic N) is 3. The molecule has 3 rings (SSSR count). The Kier molecular flexibility index (Phi) is 3.40. The molecule has 1 aliphatic carbocycles. The summed E-state index contributed by atoms with van der Waals surface area (Å²) in [5.41, 5.74) is 8.57. The third-order valence-corrected chi connectivity index (χ3v) is 4.58. The Hall–Kier alpha value is -1.58. The van der Waals surface area contributed by atoms with Gasteiger partial charge in [-0.3, -0.25) is 4.98 Å². The van der Waals surface area contributed by atoms with Gasteiger partial charge in [0.1, 0.15) is 5.52 Å². The van der Waals surface area contributed by atoms with Gasteiger partial charge in [0.25, 0.3) is 0 Å². The van der Waals surface area contributed by atoms with Crippen LogP contribution in [0.4, 0.5) is 5.95 Å². The van der Waals surface area contributed by atoms with Gasteiger partial charge in [-0.2, -0.15) is 0 Å². The van der Waals surface area contributed by atoms with E-state index in [1.807, 2.05) is 12.3 Å². The molecule has 20 heavy (non-hydrogen) atoms. The number of fused-ring (bicyclic) bond motifs is 1. The quantitative estimate of drug-likeness (QED) is 0.924. The zero-order valence-electron chi connectivity index (χ0n) is 12.5. The van der Waals surface area contributed by atoms with Gasteiger partial charge in [-0.05, 0) is 36.7 Å². The Bertz CT molecular complexity index is 594. The molecule has 0 bridgehead atoms. The lowest BCUT2D eigenvalue weighted by Gasteiger charge is -2.32. The Labute approximate surface area is 120 Å². The second-order valence-electron chi connectivity index (χ2n) is 6.73. The molecule has 0 radical (unpaired) electrons. The topological polar surface area (TPSA) is 56.7 Å². The molecule has 2 heterocycles. The molecule has 0 atom stereocenters. The number of pyridine rings is 1. The van der Waals surface area contributed by atoms with Crippen LogP contribution in [-0.4, -0.2) is 14.5 Å². The molecule has 0 saturated heterocycles. The number of imidazole rings is 1. The Morgan fingerprint density at radius 3 is 2.80 bits per heavy atom. The highest BCUT2D eigenvalue weighted by Crippen LogP contribution is 2.45. The van der Waals surface area contributed by atoms with Crippen LogP contribution in [-0.2, 0) is 6.54 Å². The zero-order valence-corrected chi connectivity index (χ0v) is 12.5. The van der Waals surface area contributed by atoms with E-state index in [1.54, 1.807) is 6.20 Å². The molecule has 2 aromatic heterocycles. The first-order valence-electron chi connectivity index (χ1n) is 7.65. The van der Waals surface area contributed by atoms with E-state index in [-0.39, 0.29) is 0 Å². The number of anilines is 1. The minimum absolute atomic E-state index is 0.402. The van der Waals surface area contributed by atoms with Crippen LogP contribution in [0.2, 0.25) is 0 Å². The van der Waals surface area contributed by atoms with Crippen molar-refractivity contribution in [1.29, 1.82) is 0 Å². The molecule has 108 valence electrons. The van der Waals surface area contributed by atoms with Crippen LogP contribution in [0, 0.1) is 11.3 Å². The van der Waals surface area contributed by atoms with E-state index in [0.717, 1.165) is 23.5 Å². The molecule has 4 heteroatoms. The third kappa shape index (κ3) is 2.39. The second-order valence-corrected chi connectivity index (χ2v) is 6.73. The van der Waals surface area contributed by atoms with Crippen LogP contribution >= 0.6 is 0 Å². The Morgan fingerprint density at radius 2 is 2.10 bits per heavy atom. The molecule has 0 amide bonds. The van der Waals surface area contributed by atoms with Crippen molar-refractivity contribution in [2.75, 3.05) is 5.73 Å². The van der Waals surface area contributed by atoms with E-state index >= 15 is 0 Å². The van der Waals surface area contributed by atoms with E-state index in [9.17, 15) is 0 Å². The minimum atomic E-state index is 0.402. The maximum absolute atomic E-state index is 6.15. The standard InChI is InChI=1S/C16H24N4/c1-12(2)9-16(6-3-4-7-16)11-20-14-5-8-18-10-13(14)19-15(20)17/h5,8,10,12H,3-4,6-7,9,11H2,1-2H3,(H2,17,19). The summed E-state index contributed by atoms with van der Waals surface area (Å²) in [6.07, 6.45) is 10.2. The van der Waals surface area contributed by atoms with Gasteiger partial charge in [0, 0.05) is 12.7 Å². The number of hydrogen-bond acceptors (Lipinski definition) is 3. The lowest BCUT2D eigenvalue weighted by atomic mass is 9.78. The SMILES string of the molecule is CC(C)CC1(Cn2c(N)nc3cnccc32)CCCC1. The number of nitrogen functional groups attached to an aromatic ring is 1. The van der Waals surface area contributed by atoms with Gasteiger partial charge in [0.2, 0.25) is 5.95 Å². The average Bonchev–Trinajstić information content (AvgIpc) is 2.96. The molecular weight excluding hydrogens is 248 g/mol. The second kappa shape index (κ2) is 5.08. The van der Waals surface area contributed by atoms with E-state index in [1.165, 1.54) is 32.1 Å². The van der Waals surface area contributed by atoms with Crippen LogP contribution < -0.4 is 5.73 Å². The fourth-order valence-corrected chi connectivity index (χ4v) is 3.92. The van der Waals surface area contributed by atoms with Gasteiger partial charge in [0.15, 0.2) is 0 Å².